The predicted octanol–water partition coefficient (Wildman–Crippen LogP) is 2.86. The van der Waals surface area contributed by atoms with Gasteiger partial charge in [-0.3, -0.25) is 0 Å². The van der Waals surface area contributed by atoms with Gasteiger partial charge in [-0.25, -0.2) is 4.98 Å². The van der Waals surface area contributed by atoms with Crippen LogP contribution in [-0.2, 0) is 0 Å². The first-order valence-electron chi connectivity index (χ1n) is 7.53. The van der Waals surface area contributed by atoms with Crippen LogP contribution in [0.15, 0.2) is 6.07 Å². The maximum atomic E-state index is 5.31. The highest BCUT2D eigenvalue weighted by molar-refractivity contribution is 7.80. The second-order valence-corrected chi connectivity index (χ2v) is 6.98. The summed E-state index contributed by atoms with van der Waals surface area (Å²) in [6.45, 7) is 10.3. The van der Waals surface area contributed by atoms with Crippen LogP contribution in [0.1, 0.15) is 45.7 Å². The van der Waals surface area contributed by atoms with Crippen molar-refractivity contribution in [3.8, 4) is 0 Å². The lowest BCUT2D eigenvalue weighted by atomic mass is 10.1. The summed E-state index contributed by atoms with van der Waals surface area (Å²) < 4.78 is 0. The molecule has 0 unspecified atom stereocenters. The lowest BCUT2D eigenvalue weighted by Crippen LogP contribution is -2.43. The van der Waals surface area contributed by atoms with Gasteiger partial charge in [-0.05, 0) is 59.2 Å². The first-order valence-corrected chi connectivity index (χ1v) is 7.94. The third-order valence-electron chi connectivity index (χ3n) is 3.23. The molecule has 21 heavy (non-hydrogen) atoms. The van der Waals surface area contributed by atoms with E-state index in [4.69, 9.17) is 12.2 Å². The molecule has 0 bridgehead atoms. The van der Waals surface area contributed by atoms with Gasteiger partial charge in [0.25, 0.3) is 0 Å². The molecule has 0 amide bonds. The summed E-state index contributed by atoms with van der Waals surface area (Å²) >= 11 is 5.31. The quantitative estimate of drug-likeness (QED) is 0.820. The molecule has 2 heterocycles. The predicted molar refractivity (Wildman–Crippen MR) is 91.9 cm³/mol. The highest BCUT2D eigenvalue weighted by Crippen LogP contribution is 2.19. The van der Waals surface area contributed by atoms with Gasteiger partial charge in [-0.1, -0.05) is 0 Å². The zero-order valence-corrected chi connectivity index (χ0v) is 14.2. The molecule has 0 saturated carbocycles. The summed E-state index contributed by atoms with van der Waals surface area (Å²) in [5, 5.41) is 6.86. The average Bonchev–Trinajstić information content (AvgIpc) is 2.36. The summed E-state index contributed by atoms with van der Waals surface area (Å²) in [4.78, 5) is 11.3. The largest absolute Gasteiger partial charge is 0.358 e. The Balaban J connectivity index is 2.09. The van der Waals surface area contributed by atoms with Crippen LogP contribution in [0, 0.1) is 6.92 Å². The number of rotatable bonds is 2. The van der Waals surface area contributed by atoms with Crippen LogP contribution in [0.5, 0.6) is 0 Å². The lowest BCUT2D eigenvalue weighted by molar-refractivity contribution is 0.514. The Kier molecular flexibility index (Phi) is 4.98. The van der Waals surface area contributed by atoms with E-state index in [1.54, 1.807) is 0 Å². The van der Waals surface area contributed by atoms with Gasteiger partial charge in [-0.2, -0.15) is 4.98 Å². The van der Waals surface area contributed by atoms with E-state index in [2.05, 4.69) is 46.3 Å². The molecule has 1 fully saturated rings. The van der Waals surface area contributed by atoms with E-state index in [1.165, 1.54) is 19.3 Å². The van der Waals surface area contributed by atoms with Gasteiger partial charge >= 0.3 is 0 Å². The van der Waals surface area contributed by atoms with Gasteiger partial charge in [0.2, 0.25) is 5.95 Å². The van der Waals surface area contributed by atoms with Crippen molar-refractivity contribution in [2.45, 2.75) is 52.5 Å². The number of anilines is 2. The molecular formula is C15H25N5S. The number of hydrogen-bond donors (Lipinski definition) is 2. The molecule has 116 valence electrons. The van der Waals surface area contributed by atoms with Crippen LogP contribution >= 0.6 is 12.2 Å². The normalized spacial score (nSPS) is 15.7. The van der Waals surface area contributed by atoms with Crippen LogP contribution in [0.25, 0.3) is 0 Å². The van der Waals surface area contributed by atoms with E-state index in [1.807, 2.05) is 13.0 Å². The fourth-order valence-corrected chi connectivity index (χ4v) is 2.76. The van der Waals surface area contributed by atoms with Crippen LogP contribution < -0.4 is 15.5 Å². The molecule has 0 spiro atoms. The fraction of sp³-hybridized carbons (Fsp3) is 0.667. The van der Waals surface area contributed by atoms with E-state index in [-0.39, 0.29) is 5.54 Å². The van der Waals surface area contributed by atoms with E-state index < -0.39 is 0 Å². The Bertz CT molecular complexity index is 503. The van der Waals surface area contributed by atoms with Gasteiger partial charge in [-0.15, -0.1) is 0 Å². The number of hydrogen-bond acceptors (Lipinski definition) is 4. The third kappa shape index (κ3) is 5.12. The van der Waals surface area contributed by atoms with Crippen molar-refractivity contribution in [1.82, 2.24) is 15.3 Å². The first-order chi connectivity index (χ1) is 9.83. The van der Waals surface area contributed by atoms with Crippen molar-refractivity contribution in [3.05, 3.63) is 11.8 Å². The molecule has 0 radical (unpaired) electrons. The minimum absolute atomic E-state index is 0.0798. The topological polar surface area (TPSA) is 53.1 Å². The molecule has 0 aromatic carbocycles. The standard InChI is InChI=1S/C15H25N5S/c1-11-10-12(20-8-6-5-7-9-20)17-13(16-11)18-14(21)19-15(2,3)4/h10H,5-9H2,1-4H3,(H2,16,17,18,19,21). The van der Waals surface area contributed by atoms with Crippen molar-refractivity contribution in [3.63, 3.8) is 0 Å². The summed E-state index contributed by atoms with van der Waals surface area (Å²) in [7, 11) is 0. The van der Waals surface area contributed by atoms with Gasteiger partial charge in [0.1, 0.15) is 5.82 Å². The van der Waals surface area contributed by atoms with Gasteiger partial charge in [0.15, 0.2) is 5.11 Å². The lowest BCUT2D eigenvalue weighted by Gasteiger charge is -2.28. The van der Waals surface area contributed by atoms with Crippen molar-refractivity contribution in [2.24, 2.45) is 0 Å². The Labute approximate surface area is 132 Å². The third-order valence-corrected chi connectivity index (χ3v) is 3.44. The summed E-state index contributed by atoms with van der Waals surface area (Å²) in [6, 6.07) is 2.04. The fourth-order valence-electron chi connectivity index (χ4n) is 2.37. The number of thiocarbonyl (C=S) groups is 1. The molecule has 5 nitrogen and oxygen atoms in total. The summed E-state index contributed by atoms with van der Waals surface area (Å²) in [5.41, 5.74) is 0.871. The Morgan fingerprint density at radius 1 is 1.19 bits per heavy atom. The van der Waals surface area contributed by atoms with Crippen LogP contribution in [0.2, 0.25) is 0 Å². The zero-order chi connectivity index (χ0) is 15.5. The molecule has 0 aliphatic carbocycles. The van der Waals surface area contributed by atoms with Gasteiger partial charge in [0.05, 0.1) is 0 Å². The molecule has 6 heteroatoms. The molecule has 2 rings (SSSR count). The zero-order valence-electron chi connectivity index (χ0n) is 13.4. The number of nitrogens with one attached hydrogen (secondary N) is 2. The van der Waals surface area contributed by atoms with Crippen molar-refractivity contribution < 1.29 is 0 Å². The first kappa shape index (κ1) is 15.9. The number of aromatic nitrogens is 2. The van der Waals surface area contributed by atoms with Crippen LogP contribution in [-0.4, -0.2) is 33.7 Å². The van der Waals surface area contributed by atoms with Gasteiger partial charge in [0, 0.05) is 30.4 Å². The molecule has 1 aromatic rings. The van der Waals surface area contributed by atoms with Crippen LogP contribution in [0.3, 0.4) is 0 Å². The maximum absolute atomic E-state index is 5.31. The Hall–Kier alpha value is -1.43. The van der Waals surface area contributed by atoms with E-state index in [0.29, 0.717) is 11.1 Å². The van der Waals surface area contributed by atoms with Gasteiger partial charge < -0.3 is 15.5 Å². The average molecular weight is 307 g/mol. The van der Waals surface area contributed by atoms with Crippen molar-refractivity contribution in [2.75, 3.05) is 23.3 Å². The summed E-state index contributed by atoms with van der Waals surface area (Å²) in [5.74, 6) is 1.56. The summed E-state index contributed by atoms with van der Waals surface area (Å²) in [6.07, 6.45) is 3.77. The SMILES string of the molecule is Cc1cc(N2CCCCC2)nc(NC(=S)NC(C)(C)C)n1. The molecule has 1 aliphatic rings. The molecule has 1 aromatic heterocycles. The number of piperidine rings is 1. The minimum atomic E-state index is -0.0798. The highest BCUT2D eigenvalue weighted by atomic mass is 32.1. The molecule has 1 saturated heterocycles. The van der Waals surface area contributed by atoms with E-state index in [0.717, 1.165) is 24.6 Å². The van der Waals surface area contributed by atoms with Crippen LogP contribution in [0.4, 0.5) is 11.8 Å². The maximum Gasteiger partial charge on any atom is 0.231 e. The molecule has 2 N–H and O–H groups in total. The molecule has 1 aliphatic heterocycles. The smallest absolute Gasteiger partial charge is 0.231 e. The Morgan fingerprint density at radius 3 is 2.48 bits per heavy atom. The second-order valence-electron chi connectivity index (χ2n) is 6.57. The highest BCUT2D eigenvalue weighted by Gasteiger charge is 2.15. The van der Waals surface area contributed by atoms with E-state index >= 15 is 0 Å². The second kappa shape index (κ2) is 6.56. The van der Waals surface area contributed by atoms with Crippen molar-refractivity contribution in [1.29, 1.82) is 0 Å². The molecular weight excluding hydrogens is 282 g/mol. The Morgan fingerprint density at radius 2 is 1.86 bits per heavy atom. The minimum Gasteiger partial charge on any atom is -0.358 e. The monoisotopic (exact) mass is 307 g/mol. The van der Waals surface area contributed by atoms with Crippen molar-refractivity contribution >= 4 is 29.1 Å². The number of aryl methyl sites for hydroxylation is 1. The van der Waals surface area contributed by atoms with E-state index in [9.17, 15) is 0 Å². The molecule has 0 atom stereocenters. The number of nitrogens with zero attached hydrogens (tertiary/aromatic N) is 3.